The summed E-state index contributed by atoms with van der Waals surface area (Å²) in [6, 6.07) is 5.45. The van der Waals surface area contributed by atoms with Crippen LogP contribution in [-0.4, -0.2) is 65.8 Å². The molecule has 0 saturated heterocycles. The first-order valence-electron chi connectivity index (χ1n) is 6.58. The maximum Gasteiger partial charge on any atom is 0.138 e. The zero-order valence-electron chi connectivity index (χ0n) is 12.0. The molecule has 0 spiro atoms. The van der Waals surface area contributed by atoms with Gasteiger partial charge in [-0.3, -0.25) is 4.90 Å². The molecule has 1 unspecified atom stereocenters. The van der Waals surface area contributed by atoms with E-state index in [4.69, 9.17) is 26.6 Å². The lowest BCUT2D eigenvalue weighted by Gasteiger charge is -2.23. The second-order valence-corrected chi connectivity index (χ2v) is 5.05. The van der Waals surface area contributed by atoms with Crippen molar-refractivity contribution in [3.05, 3.63) is 28.8 Å². The Morgan fingerprint density at radius 3 is 2.43 bits per heavy atom. The molecule has 0 heterocycles. The Bertz CT molecular complexity index is 401. The maximum atomic E-state index is 9.92. The number of benzene rings is 1. The third kappa shape index (κ3) is 7.85. The summed E-state index contributed by atoms with van der Waals surface area (Å²) in [5.41, 5.74) is 1.03. The van der Waals surface area contributed by atoms with Crippen LogP contribution in [0.15, 0.2) is 18.2 Å². The van der Waals surface area contributed by atoms with Crippen molar-refractivity contribution in [2.75, 3.05) is 39.5 Å². The Hall–Kier alpha value is -0.560. The average Bonchev–Trinajstić information content (AvgIpc) is 2.40. The van der Waals surface area contributed by atoms with Gasteiger partial charge in [-0.1, -0.05) is 17.7 Å². The molecule has 7 heteroatoms. The Kier molecular flexibility index (Phi) is 10.8. The van der Waals surface area contributed by atoms with Gasteiger partial charge in [0.05, 0.1) is 18.2 Å². The van der Waals surface area contributed by atoms with Crippen LogP contribution in [0, 0.1) is 6.92 Å². The van der Waals surface area contributed by atoms with Crippen LogP contribution < -0.4 is 4.74 Å². The first-order valence-corrected chi connectivity index (χ1v) is 6.95. The van der Waals surface area contributed by atoms with Crippen molar-refractivity contribution < 1.29 is 20.1 Å². The van der Waals surface area contributed by atoms with Crippen molar-refractivity contribution in [2.45, 2.75) is 13.0 Å². The van der Waals surface area contributed by atoms with Gasteiger partial charge in [-0.05, 0) is 24.6 Å². The van der Waals surface area contributed by atoms with E-state index in [-0.39, 0.29) is 32.2 Å². The molecule has 1 aromatic rings. The monoisotopic (exact) mass is 339 g/mol. The summed E-state index contributed by atoms with van der Waals surface area (Å²) in [6.45, 7) is 3.14. The minimum Gasteiger partial charge on any atom is -0.489 e. The molecule has 1 atom stereocenters. The van der Waals surface area contributed by atoms with E-state index in [9.17, 15) is 5.11 Å². The summed E-state index contributed by atoms with van der Waals surface area (Å²) in [5, 5.41) is 28.2. The molecule has 1 aromatic carbocycles. The van der Waals surface area contributed by atoms with E-state index in [2.05, 4.69) is 0 Å². The van der Waals surface area contributed by atoms with Crippen molar-refractivity contribution in [2.24, 2.45) is 0 Å². The lowest BCUT2D eigenvalue weighted by molar-refractivity contribution is 0.0552. The van der Waals surface area contributed by atoms with Crippen molar-refractivity contribution in [1.82, 2.24) is 4.90 Å². The Morgan fingerprint density at radius 2 is 1.86 bits per heavy atom. The first kappa shape index (κ1) is 20.4. The summed E-state index contributed by atoms with van der Waals surface area (Å²) < 4.78 is 5.50. The van der Waals surface area contributed by atoms with Crippen LogP contribution in [0.5, 0.6) is 5.75 Å². The summed E-state index contributed by atoms with van der Waals surface area (Å²) in [5.74, 6) is 0.543. The molecular weight excluding hydrogens is 317 g/mol. The zero-order valence-corrected chi connectivity index (χ0v) is 13.6. The molecule has 0 aliphatic heterocycles. The van der Waals surface area contributed by atoms with Crippen LogP contribution in [0.2, 0.25) is 5.02 Å². The average molecular weight is 340 g/mol. The number of nitrogens with zero attached hydrogens (tertiary/aromatic N) is 1. The van der Waals surface area contributed by atoms with Crippen LogP contribution >= 0.6 is 24.0 Å². The van der Waals surface area contributed by atoms with Crippen LogP contribution in [0.25, 0.3) is 0 Å². The number of halogens is 2. The van der Waals surface area contributed by atoms with Crippen LogP contribution in [0.1, 0.15) is 5.56 Å². The van der Waals surface area contributed by atoms with Gasteiger partial charge >= 0.3 is 0 Å². The lowest BCUT2D eigenvalue weighted by atomic mass is 10.2. The van der Waals surface area contributed by atoms with Crippen LogP contribution in [-0.2, 0) is 0 Å². The maximum absolute atomic E-state index is 9.92. The minimum atomic E-state index is -0.718. The number of aliphatic hydroxyl groups is 3. The summed E-state index contributed by atoms with van der Waals surface area (Å²) in [4.78, 5) is 1.77. The molecule has 0 radical (unpaired) electrons. The number of hydrogen-bond donors (Lipinski definition) is 3. The zero-order chi connectivity index (χ0) is 15.0. The van der Waals surface area contributed by atoms with E-state index in [1.54, 1.807) is 11.0 Å². The highest BCUT2D eigenvalue weighted by molar-refractivity contribution is 6.32. The quantitative estimate of drug-likeness (QED) is 0.628. The van der Waals surface area contributed by atoms with Gasteiger partial charge in [0, 0.05) is 19.6 Å². The summed E-state index contributed by atoms with van der Waals surface area (Å²) in [6.07, 6.45) is -0.718. The fraction of sp³-hybridized carbons (Fsp3) is 0.571. The molecule has 122 valence electrons. The molecule has 0 saturated carbocycles. The highest BCUT2D eigenvalue weighted by Crippen LogP contribution is 2.25. The highest BCUT2D eigenvalue weighted by atomic mass is 35.5. The fourth-order valence-electron chi connectivity index (χ4n) is 1.84. The van der Waals surface area contributed by atoms with Gasteiger partial charge in [0.25, 0.3) is 0 Å². The van der Waals surface area contributed by atoms with Gasteiger partial charge in [-0.15, -0.1) is 12.4 Å². The van der Waals surface area contributed by atoms with Gasteiger partial charge in [0.15, 0.2) is 0 Å². The number of ether oxygens (including phenoxy) is 1. The molecule has 0 aromatic heterocycles. The van der Waals surface area contributed by atoms with Crippen molar-refractivity contribution >= 4 is 24.0 Å². The van der Waals surface area contributed by atoms with Crippen LogP contribution in [0.4, 0.5) is 0 Å². The molecule has 0 aliphatic rings. The van der Waals surface area contributed by atoms with E-state index in [1.165, 1.54) is 0 Å². The predicted molar refractivity (Wildman–Crippen MR) is 85.6 cm³/mol. The largest absolute Gasteiger partial charge is 0.489 e. The van der Waals surface area contributed by atoms with E-state index in [0.29, 0.717) is 30.4 Å². The fourth-order valence-corrected chi connectivity index (χ4v) is 2.01. The Morgan fingerprint density at radius 1 is 1.24 bits per heavy atom. The second-order valence-electron chi connectivity index (χ2n) is 4.65. The number of hydrogen-bond acceptors (Lipinski definition) is 5. The van der Waals surface area contributed by atoms with E-state index >= 15 is 0 Å². The predicted octanol–water partition coefficient (Wildman–Crippen LogP) is 1.10. The van der Waals surface area contributed by atoms with Crippen LogP contribution in [0.3, 0.4) is 0 Å². The highest BCUT2D eigenvalue weighted by Gasteiger charge is 2.12. The van der Waals surface area contributed by atoms with E-state index in [1.807, 2.05) is 19.1 Å². The Balaban J connectivity index is 0.00000400. The molecule has 0 bridgehead atoms. The third-order valence-corrected chi connectivity index (χ3v) is 3.13. The Labute approximate surface area is 136 Å². The minimum absolute atomic E-state index is 0. The number of aliphatic hydroxyl groups excluding tert-OH is 3. The number of rotatable bonds is 9. The molecule has 0 aliphatic carbocycles. The first-order chi connectivity index (χ1) is 9.56. The SMILES string of the molecule is Cc1ccc(Cl)c(OCC(O)CN(CCO)CCO)c1.Cl. The summed E-state index contributed by atoms with van der Waals surface area (Å²) in [7, 11) is 0. The van der Waals surface area contributed by atoms with Gasteiger partial charge in [0.2, 0.25) is 0 Å². The molecule has 0 fully saturated rings. The summed E-state index contributed by atoms with van der Waals surface area (Å²) >= 11 is 6.00. The molecule has 5 nitrogen and oxygen atoms in total. The lowest BCUT2D eigenvalue weighted by Crippen LogP contribution is -2.38. The van der Waals surface area contributed by atoms with Crippen molar-refractivity contribution in [3.63, 3.8) is 0 Å². The number of aryl methyl sites for hydroxylation is 1. The van der Waals surface area contributed by atoms with E-state index < -0.39 is 6.10 Å². The second kappa shape index (κ2) is 11.1. The van der Waals surface area contributed by atoms with Gasteiger partial charge < -0.3 is 20.1 Å². The van der Waals surface area contributed by atoms with E-state index in [0.717, 1.165) is 5.56 Å². The molecule has 1 rings (SSSR count). The normalized spacial score (nSPS) is 12.1. The molecule has 3 N–H and O–H groups in total. The van der Waals surface area contributed by atoms with Gasteiger partial charge in [0.1, 0.15) is 18.5 Å². The standard InChI is InChI=1S/C14H22ClNO4.ClH/c1-11-2-3-13(15)14(8-11)20-10-12(19)9-16(4-6-17)5-7-18;/h2-3,8,12,17-19H,4-7,9-10H2,1H3;1H. The third-order valence-electron chi connectivity index (χ3n) is 2.82. The van der Waals surface area contributed by atoms with Gasteiger partial charge in [-0.25, -0.2) is 0 Å². The smallest absolute Gasteiger partial charge is 0.138 e. The molecule has 21 heavy (non-hydrogen) atoms. The van der Waals surface area contributed by atoms with Crippen molar-refractivity contribution in [3.8, 4) is 5.75 Å². The topological polar surface area (TPSA) is 73.2 Å². The van der Waals surface area contributed by atoms with Gasteiger partial charge in [-0.2, -0.15) is 0 Å². The molecular formula is C14H23Cl2NO4. The molecule has 0 amide bonds. The van der Waals surface area contributed by atoms with Crippen molar-refractivity contribution in [1.29, 1.82) is 0 Å².